The molecule has 0 amide bonds. The Balaban J connectivity index is 2.54. The number of hydrogen-bond acceptors (Lipinski definition) is 2. The summed E-state index contributed by atoms with van der Waals surface area (Å²) in [6.45, 7) is 4.21. The van der Waals surface area contributed by atoms with E-state index >= 15 is 0 Å². The first-order chi connectivity index (χ1) is 9.11. The van der Waals surface area contributed by atoms with Crippen LogP contribution in [0.2, 0.25) is 0 Å². The van der Waals surface area contributed by atoms with Gasteiger partial charge in [0.25, 0.3) is 0 Å². The average molecular weight is 261 g/mol. The SMILES string of the molecule is CCCCCN(C)Cc1cccc(/C=C/C(=O)O)c1. The first-order valence-corrected chi connectivity index (χ1v) is 6.80. The fourth-order valence-corrected chi connectivity index (χ4v) is 1.99. The summed E-state index contributed by atoms with van der Waals surface area (Å²) in [5.41, 5.74) is 2.15. The third kappa shape index (κ3) is 6.77. The summed E-state index contributed by atoms with van der Waals surface area (Å²) in [6.07, 6.45) is 6.54. The third-order valence-corrected chi connectivity index (χ3v) is 2.97. The Labute approximate surface area is 115 Å². The molecule has 0 saturated heterocycles. The van der Waals surface area contributed by atoms with Gasteiger partial charge in [-0.25, -0.2) is 4.79 Å². The Morgan fingerprint density at radius 2 is 2.16 bits per heavy atom. The van der Waals surface area contributed by atoms with E-state index in [1.165, 1.54) is 30.9 Å². The highest BCUT2D eigenvalue weighted by Gasteiger charge is 2.00. The number of rotatable bonds is 8. The van der Waals surface area contributed by atoms with Gasteiger partial charge in [0.1, 0.15) is 0 Å². The number of benzene rings is 1. The predicted octanol–water partition coefficient (Wildman–Crippen LogP) is 3.41. The first-order valence-electron chi connectivity index (χ1n) is 6.80. The van der Waals surface area contributed by atoms with Gasteiger partial charge >= 0.3 is 5.97 Å². The molecule has 1 aromatic rings. The van der Waals surface area contributed by atoms with Gasteiger partial charge in [0, 0.05) is 12.6 Å². The second-order valence-corrected chi connectivity index (χ2v) is 4.86. The number of carboxylic acid groups (broad SMARTS) is 1. The molecule has 0 aliphatic rings. The zero-order chi connectivity index (χ0) is 14.1. The minimum Gasteiger partial charge on any atom is -0.478 e. The van der Waals surface area contributed by atoms with Crippen molar-refractivity contribution in [2.45, 2.75) is 32.7 Å². The lowest BCUT2D eigenvalue weighted by molar-refractivity contribution is -0.131. The summed E-state index contributed by atoms with van der Waals surface area (Å²) in [4.78, 5) is 12.8. The third-order valence-electron chi connectivity index (χ3n) is 2.97. The van der Waals surface area contributed by atoms with Gasteiger partial charge in [-0.1, -0.05) is 44.0 Å². The molecule has 0 heterocycles. The predicted molar refractivity (Wildman–Crippen MR) is 79.0 cm³/mol. The molecular weight excluding hydrogens is 238 g/mol. The average Bonchev–Trinajstić information content (AvgIpc) is 2.37. The molecule has 0 fully saturated rings. The van der Waals surface area contributed by atoms with E-state index in [0.717, 1.165) is 18.7 Å². The molecule has 0 aliphatic heterocycles. The van der Waals surface area contributed by atoms with Gasteiger partial charge < -0.3 is 10.0 Å². The normalized spacial score (nSPS) is 11.3. The Hall–Kier alpha value is -1.61. The highest BCUT2D eigenvalue weighted by atomic mass is 16.4. The van der Waals surface area contributed by atoms with E-state index in [2.05, 4.69) is 24.9 Å². The fraction of sp³-hybridized carbons (Fsp3) is 0.438. The molecule has 0 atom stereocenters. The van der Waals surface area contributed by atoms with E-state index in [1.807, 2.05) is 18.2 Å². The van der Waals surface area contributed by atoms with Gasteiger partial charge in [-0.15, -0.1) is 0 Å². The van der Waals surface area contributed by atoms with E-state index in [9.17, 15) is 4.79 Å². The maximum Gasteiger partial charge on any atom is 0.328 e. The molecule has 0 saturated carbocycles. The van der Waals surface area contributed by atoms with Crippen molar-refractivity contribution in [2.24, 2.45) is 0 Å². The van der Waals surface area contributed by atoms with Crippen LogP contribution in [0.5, 0.6) is 0 Å². The molecule has 1 aromatic carbocycles. The van der Waals surface area contributed by atoms with Crippen LogP contribution in [0.4, 0.5) is 0 Å². The molecule has 19 heavy (non-hydrogen) atoms. The van der Waals surface area contributed by atoms with Crippen molar-refractivity contribution in [3.05, 3.63) is 41.5 Å². The van der Waals surface area contributed by atoms with Crippen LogP contribution in [0, 0.1) is 0 Å². The van der Waals surface area contributed by atoms with E-state index in [4.69, 9.17) is 5.11 Å². The zero-order valence-corrected chi connectivity index (χ0v) is 11.8. The highest BCUT2D eigenvalue weighted by Crippen LogP contribution is 2.10. The molecule has 0 aromatic heterocycles. The van der Waals surface area contributed by atoms with Crippen molar-refractivity contribution in [2.75, 3.05) is 13.6 Å². The second kappa shape index (κ2) is 8.48. The number of carbonyl (C=O) groups is 1. The summed E-state index contributed by atoms with van der Waals surface area (Å²) < 4.78 is 0. The van der Waals surface area contributed by atoms with Crippen LogP contribution in [0.3, 0.4) is 0 Å². The Bertz CT molecular complexity index is 427. The molecule has 0 aliphatic carbocycles. The first kappa shape index (κ1) is 15.4. The van der Waals surface area contributed by atoms with Crippen LogP contribution >= 0.6 is 0 Å². The second-order valence-electron chi connectivity index (χ2n) is 4.86. The molecule has 0 unspecified atom stereocenters. The highest BCUT2D eigenvalue weighted by molar-refractivity contribution is 5.85. The smallest absolute Gasteiger partial charge is 0.328 e. The Morgan fingerprint density at radius 1 is 1.37 bits per heavy atom. The van der Waals surface area contributed by atoms with Crippen molar-refractivity contribution >= 4 is 12.0 Å². The number of nitrogens with zero attached hydrogens (tertiary/aromatic N) is 1. The lowest BCUT2D eigenvalue weighted by atomic mass is 10.1. The van der Waals surface area contributed by atoms with Crippen LogP contribution in [0.25, 0.3) is 6.08 Å². The molecule has 0 spiro atoms. The van der Waals surface area contributed by atoms with E-state index < -0.39 is 5.97 Å². The maximum atomic E-state index is 10.5. The van der Waals surface area contributed by atoms with Crippen LogP contribution in [0.1, 0.15) is 37.3 Å². The zero-order valence-electron chi connectivity index (χ0n) is 11.8. The Morgan fingerprint density at radius 3 is 2.84 bits per heavy atom. The fourth-order valence-electron chi connectivity index (χ4n) is 1.99. The van der Waals surface area contributed by atoms with Crippen LogP contribution in [-0.4, -0.2) is 29.6 Å². The van der Waals surface area contributed by atoms with Gasteiger partial charge in [0.15, 0.2) is 0 Å². The molecule has 3 heteroatoms. The largest absolute Gasteiger partial charge is 0.478 e. The number of unbranched alkanes of at least 4 members (excludes halogenated alkanes) is 2. The molecular formula is C16H23NO2. The molecule has 0 bridgehead atoms. The monoisotopic (exact) mass is 261 g/mol. The summed E-state index contributed by atoms with van der Waals surface area (Å²) in [7, 11) is 2.12. The summed E-state index contributed by atoms with van der Waals surface area (Å²) >= 11 is 0. The van der Waals surface area contributed by atoms with Crippen molar-refractivity contribution in [3.63, 3.8) is 0 Å². The van der Waals surface area contributed by atoms with Crippen molar-refractivity contribution in [1.82, 2.24) is 4.90 Å². The van der Waals surface area contributed by atoms with Crippen molar-refractivity contribution < 1.29 is 9.90 Å². The van der Waals surface area contributed by atoms with E-state index in [0.29, 0.717) is 0 Å². The summed E-state index contributed by atoms with van der Waals surface area (Å²) in [5, 5.41) is 8.61. The maximum absolute atomic E-state index is 10.5. The minimum absolute atomic E-state index is 0.901. The molecule has 0 radical (unpaired) electrons. The van der Waals surface area contributed by atoms with Crippen LogP contribution < -0.4 is 0 Å². The molecule has 1 rings (SSSR count). The number of hydrogen-bond donors (Lipinski definition) is 1. The standard InChI is InChI=1S/C16H23NO2/c1-3-4-5-11-17(2)13-15-8-6-7-14(12-15)9-10-16(18)19/h6-10,12H,3-5,11,13H2,1-2H3,(H,18,19)/b10-9+. The van der Waals surface area contributed by atoms with Gasteiger partial charge in [0.2, 0.25) is 0 Å². The van der Waals surface area contributed by atoms with Gasteiger partial charge in [0.05, 0.1) is 0 Å². The topological polar surface area (TPSA) is 40.5 Å². The van der Waals surface area contributed by atoms with Crippen molar-refractivity contribution in [1.29, 1.82) is 0 Å². The van der Waals surface area contributed by atoms with E-state index in [-0.39, 0.29) is 0 Å². The molecule has 1 N–H and O–H groups in total. The molecule has 3 nitrogen and oxygen atoms in total. The number of carboxylic acids is 1. The van der Waals surface area contributed by atoms with Gasteiger partial charge in [-0.05, 0) is 37.2 Å². The summed E-state index contributed by atoms with van der Waals surface area (Å²) in [5.74, 6) is -0.915. The quantitative estimate of drug-likeness (QED) is 0.576. The lowest BCUT2D eigenvalue weighted by Gasteiger charge is -2.16. The van der Waals surface area contributed by atoms with Crippen molar-refractivity contribution in [3.8, 4) is 0 Å². The number of aliphatic carboxylic acids is 1. The van der Waals surface area contributed by atoms with Crippen LogP contribution in [0.15, 0.2) is 30.3 Å². The lowest BCUT2D eigenvalue weighted by Crippen LogP contribution is -2.19. The van der Waals surface area contributed by atoms with Gasteiger partial charge in [-0.2, -0.15) is 0 Å². The van der Waals surface area contributed by atoms with E-state index in [1.54, 1.807) is 6.08 Å². The molecule has 104 valence electrons. The summed E-state index contributed by atoms with van der Waals surface area (Å²) in [6, 6.07) is 8.00. The Kier molecular flexibility index (Phi) is 6.90. The minimum atomic E-state index is -0.915. The van der Waals surface area contributed by atoms with Gasteiger partial charge in [-0.3, -0.25) is 0 Å². The van der Waals surface area contributed by atoms with Crippen LogP contribution in [-0.2, 0) is 11.3 Å².